The van der Waals surface area contributed by atoms with Crippen LogP contribution in [-0.4, -0.2) is 23.3 Å². The molecule has 1 atom stereocenters. The zero-order valence-corrected chi connectivity index (χ0v) is 12.8. The SMILES string of the molecule is CC(C#N)Cc1ccnc(B2OC(C)(C)C(C)(C)O2)c1. The second-order valence-electron chi connectivity index (χ2n) is 6.41. The van der Waals surface area contributed by atoms with Crippen molar-refractivity contribution in [2.24, 2.45) is 5.92 Å². The van der Waals surface area contributed by atoms with E-state index in [0.29, 0.717) is 6.42 Å². The molecular formula is C15H21BN2O2. The van der Waals surface area contributed by atoms with Crippen LogP contribution < -0.4 is 5.59 Å². The molecule has 1 saturated heterocycles. The summed E-state index contributed by atoms with van der Waals surface area (Å²) in [5.41, 5.74) is 1.12. The molecule has 1 aromatic heterocycles. The lowest BCUT2D eigenvalue weighted by molar-refractivity contribution is 0.00578. The van der Waals surface area contributed by atoms with E-state index < -0.39 is 7.12 Å². The van der Waals surface area contributed by atoms with E-state index in [1.165, 1.54) is 0 Å². The first kappa shape index (κ1) is 15.0. The van der Waals surface area contributed by atoms with Crippen LogP contribution >= 0.6 is 0 Å². The minimum atomic E-state index is -0.447. The molecule has 1 fully saturated rings. The van der Waals surface area contributed by atoms with Crippen LogP contribution in [0, 0.1) is 17.2 Å². The summed E-state index contributed by atoms with van der Waals surface area (Å²) >= 11 is 0. The molecule has 5 heteroatoms. The highest BCUT2D eigenvalue weighted by Gasteiger charge is 2.52. The Morgan fingerprint density at radius 2 is 1.90 bits per heavy atom. The fourth-order valence-corrected chi connectivity index (χ4v) is 2.11. The monoisotopic (exact) mass is 272 g/mol. The summed E-state index contributed by atoms with van der Waals surface area (Å²) in [7, 11) is -0.447. The van der Waals surface area contributed by atoms with Gasteiger partial charge in [-0.3, -0.25) is 4.98 Å². The second-order valence-corrected chi connectivity index (χ2v) is 6.41. The summed E-state index contributed by atoms with van der Waals surface area (Å²) in [5, 5.41) is 8.90. The highest BCUT2D eigenvalue weighted by molar-refractivity contribution is 6.61. The van der Waals surface area contributed by atoms with Gasteiger partial charge in [-0.2, -0.15) is 5.26 Å². The van der Waals surface area contributed by atoms with Crippen LogP contribution in [0.4, 0.5) is 0 Å². The van der Waals surface area contributed by atoms with Gasteiger partial charge in [0.1, 0.15) is 0 Å². The molecule has 106 valence electrons. The van der Waals surface area contributed by atoms with Crippen LogP contribution in [0.1, 0.15) is 40.2 Å². The number of hydrogen-bond donors (Lipinski definition) is 0. The smallest absolute Gasteiger partial charge is 0.398 e. The van der Waals surface area contributed by atoms with Crippen molar-refractivity contribution in [3.8, 4) is 6.07 Å². The molecule has 0 spiro atoms. The lowest BCUT2D eigenvalue weighted by Gasteiger charge is -2.32. The number of pyridine rings is 1. The second kappa shape index (κ2) is 5.19. The van der Waals surface area contributed by atoms with Gasteiger partial charge in [-0.25, -0.2) is 0 Å². The number of nitriles is 1. The van der Waals surface area contributed by atoms with Crippen LogP contribution in [0.2, 0.25) is 0 Å². The fourth-order valence-electron chi connectivity index (χ4n) is 2.11. The first-order valence-corrected chi connectivity index (χ1v) is 6.95. The maximum Gasteiger partial charge on any atom is 0.514 e. The quantitative estimate of drug-likeness (QED) is 0.790. The van der Waals surface area contributed by atoms with Gasteiger partial charge in [-0.15, -0.1) is 0 Å². The molecule has 0 aliphatic carbocycles. The molecule has 1 unspecified atom stereocenters. The summed E-state index contributed by atoms with van der Waals surface area (Å²) < 4.78 is 12.0. The van der Waals surface area contributed by atoms with E-state index in [9.17, 15) is 0 Å². The van der Waals surface area contributed by atoms with Crippen molar-refractivity contribution in [3.05, 3.63) is 23.9 Å². The van der Waals surface area contributed by atoms with Crippen molar-refractivity contribution in [2.45, 2.75) is 52.2 Å². The lowest BCUT2D eigenvalue weighted by atomic mass is 9.83. The first-order valence-electron chi connectivity index (χ1n) is 6.95. The lowest BCUT2D eigenvalue weighted by Crippen LogP contribution is -2.41. The van der Waals surface area contributed by atoms with Gasteiger partial charge >= 0.3 is 7.12 Å². The maximum absolute atomic E-state index is 8.90. The number of nitrogens with zero attached hydrogens (tertiary/aromatic N) is 2. The Morgan fingerprint density at radius 3 is 2.45 bits per heavy atom. The Bertz CT molecular complexity index is 521. The van der Waals surface area contributed by atoms with E-state index in [1.807, 2.05) is 46.8 Å². The Hall–Kier alpha value is -1.38. The van der Waals surface area contributed by atoms with Crippen LogP contribution in [0.25, 0.3) is 0 Å². The van der Waals surface area contributed by atoms with Gasteiger partial charge in [-0.1, -0.05) is 0 Å². The summed E-state index contributed by atoms with van der Waals surface area (Å²) in [6.07, 6.45) is 2.46. The molecule has 0 radical (unpaired) electrons. The molecule has 0 amide bonds. The minimum absolute atomic E-state index is 0.0106. The summed E-state index contributed by atoms with van der Waals surface area (Å²) in [6, 6.07) is 6.15. The van der Waals surface area contributed by atoms with E-state index in [2.05, 4.69) is 11.1 Å². The normalized spacial score (nSPS) is 21.5. The van der Waals surface area contributed by atoms with Gasteiger partial charge < -0.3 is 9.31 Å². The molecule has 4 nitrogen and oxygen atoms in total. The zero-order valence-electron chi connectivity index (χ0n) is 12.8. The Morgan fingerprint density at radius 1 is 1.30 bits per heavy atom. The molecule has 0 bridgehead atoms. The first-order chi connectivity index (χ1) is 9.25. The largest absolute Gasteiger partial charge is 0.514 e. The Kier molecular flexibility index (Phi) is 3.90. The van der Waals surface area contributed by atoms with Crippen molar-refractivity contribution in [1.29, 1.82) is 5.26 Å². The summed E-state index contributed by atoms with van der Waals surface area (Å²) in [4.78, 5) is 4.35. The number of hydrogen-bond acceptors (Lipinski definition) is 4. The fraction of sp³-hybridized carbons (Fsp3) is 0.600. The van der Waals surface area contributed by atoms with Gasteiger partial charge in [0.25, 0.3) is 0 Å². The van der Waals surface area contributed by atoms with Crippen molar-refractivity contribution in [1.82, 2.24) is 4.98 Å². The molecule has 2 heterocycles. The van der Waals surface area contributed by atoms with Crippen molar-refractivity contribution in [2.75, 3.05) is 0 Å². The van der Waals surface area contributed by atoms with Gasteiger partial charge in [0.2, 0.25) is 0 Å². The minimum Gasteiger partial charge on any atom is -0.398 e. The third-order valence-corrected chi connectivity index (χ3v) is 4.10. The van der Waals surface area contributed by atoms with Gasteiger partial charge in [0, 0.05) is 12.1 Å². The molecule has 0 N–H and O–H groups in total. The van der Waals surface area contributed by atoms with Crippen LogP contribution in [0.15, 0.2) is 18.3 Å². The van der Waals surface area contributed by atoms with Gasteiger partial charge in [-0.05, 0) is 58.7 Å². The summed E-state index contributed by atoms with van der Waals surface area (Å²) in [6.45, 7) is 10.0. The molecule has 0 aromatic carbocycles. The standard InChI is InChI=1S/C15H21BN2O2/c1-11(10-17)8-12-6-7-18-13(9-12)16-19-14(2,3)15(4,5)20-16/h6-7,9,11H,8H2,1-5H3. The average molecular weight is 272 g/mol. The highest BCUT2D eigenvalue weighted by atomic mass is 16.7. The van der Waals surface area contributed by atoms with Crippen LogP contribution in [0.3, 0.4) is 0 Å². The molecular weight excluding hydrogens is 251 g/mol. The molecule has 20 heavy (non-hydrogen) atoms. The van der Waals surface area contributed by atoms with E-state index in [1.54, 1.807) is 6.20 Å². The third-order valence-electron chi connectivity index (χ3n) is 4.10. The molecule has 1 aromatic rings. The predicted molar refractivity (Wildman–Crippen MR) is 78.4 cm³/mol. The Labute approximate surface area is 121 Å². The van der Waals surface area contributed by atoms with E-state index >= 15 is 0 Å². The zero-order chi connectivity index (χ0) is 15.0. The topological polar surface area (TPSA) is 55.1 Å². The van der Waals surface area contributed by atoms with Crippen molar-refractivity contribution in [3.63, 3.8) is 0 Å². The average Bonchev–Trinajstić information content (AvgIpc) is 2.59. The molecule has 2 rings (SSSR count). The van der Waals surface area contributed by atoms with Crippen LogP contribution in [-0.2, 0) is 15.7 Å². The third kappa shape index (κ3) is 2.87. The number of rotatable bonds is 3. The highest BCUT2D eigenvalue weighted by Crippen LogP contribution is 2.36. The van der Waals surface area contributed by atoms with E-state index in [0.717, 1.165) is 11.2 Å². The van der Waals surface area contributed by atoms with Crippen molar-refractivity contribution < 1.29 is 9.31 Å². The van der Waals surface area contributed by atoms with E-state index in [-0.39, 0.29) is 17.1 Å². The van der Waals surface area contributed by atoms with Gasteiger partial charge in [0.05, 0.1) is 22.9 Å². The van der Waals surface area contributed by atoms with Gasteiger partial charge in [0.15, 0.2) is 0 Å². The Balaban J connectivity index is 2.19. The molecule has 0 saturated carbocycles. The number of aromatic nitrogens is 1. The molecule has 1 aliphatic rings. The maximum atomic E-state index is 8.90. The van der Waals surface area contributed by atoms with E-state index in [4.69, 9.17) is 14.6 Å². The van der Waals surface area contributed by atoms with Crippen molar-refractivity contribution >= 4 is 12.7 Å². The van der Waals surface area contributed by atoms with Crippen LogP contribution in [0.5, 0.6) is 0 Å². The molecule has 1 aliphatic heterocycles. The summed E-state index contributed by atoms with van der Waals surface area (Å²) in [5.74, 6) is -0.0106. The predicted octanol–water partition coefficient (Wildman–Crippen LogP) is 2.08.